The molecule has 2 rings (SSSR count). The van der Waals surface area contributed by atoms with Crippen LogP contribution in [-0.2, 0) is 16.1 Å². The molecule has 0 saturated carbocycles. The first-order chi connectivity index (χ1) is 12.8. The van der Waals surface area contributed by atoms with Crippen LogP contribution in [0, 0.1) is 13.8 Å². The van der Waals surface area contributed by atoms with E-state index in [1.54, 1.807) is 25.3 Å². The van der Waals surface area contributed by atoms with Gasteiger partial charge in [0.05, 0.1) is 26.8 Å². The lowest BCUT2D eigenvalue weighted by Crippen LogP contribution is -3.08. The van der Waals surface area contributed by atoms with Crippen LogP contribution in [0.2, 0.25) is 0 Å². The SMILES string of the molecule is COC(=O)c1ccc(C)c(NC(=O)C[NH+](C)Cc2cc(C)ccc2OC)c1. The zero-order chi connectivity index (χ0) is 20.0. The minimum atomic E-state index is -0.431. The van der Waals surface area contributed by atoms with E-state index in [0.29, 0.717) is 24.3 Å². The second-order valence-corrected chi connectivity index (χ2v) is 6.70. The normalized spacial score (nSPS) is 11.6. The van der Waals surface area contributed by atoms with Crippen molar-refractivity contribution in [3.8, 4) is 5.75 Å². The van der Waals surface area contributed by atoms with Gasteiger partial charge < -0.3 is 19.7 Å². The van der Waals surface area contributed by atoms with Crippen LogP contribution in [0.15, 0.2) is 36.4 Å². The van der Waals surface area contributed by atoms with E-state index in [9.17, 15) is 9.59 Å². The lowest BCUT2D eigenvalue weighted by Gasteiger charge is -2.17. The van der Waals surface area contributed by atoms with E-state index in [1.807, 2.05) is 33.0 Å². The quantitative estimate of drug-likeness (QED) is 0.728. The van der Waals surface area contributed by atoms with Crippen molar-refractivity contribution in [2.45, 2.75) is 20.4 Å². The number of hydrogen-bond donors (Lipinski definition) is 2. The third-order valence-electron chi connectivity index (χ3n) is 4.32. The molecule has 1 atom stereocenters. The Morgan fingerprint density at radius 2 is 1.81 bits per heavy atom. The van der Waals surface area contributed by atoms with Gasteiger partial charge in [0.25, 0.3) is 5.91 Å². The summed E-state index contributed by atoms with van der Waals surface area (Å²) in [5, 5.41) is 2.89. The number of hydrogen-bond acceptors (Lipinski definition) is 4. The Balaban J connectivity index is 2.03. The molecule has 0 saturated heterocycles. The predicted molar refractivity (Wildman–Crippen MR) is 104 cm³/mol. The van der Waals surface area contributed by atoms with E-state index >= 15 is 0 Å². The molecule has 6 nitrogen and oxygen atoms in total. The average molecular weight is 371 g/mol. The van der Waals surface area contributed by atoms with Crippen LogP contribution in [0.25, 0.3) is 0 Å². The van der Waals surface area contributed by atoms with Crippen molar-refractivity contribution in [1.82, 2.24) is 0 Å². The van der Waals surface area contributed by atoms with Gasteiger partial charge in [-0.15, -0.1) is 0 Å². The van der Waals surface area contributed by atoms with E-state index in [2.05, 4.69) is 11.4 Å². The summed E-state index contributed by atoms with van der Waals surface area (Å²) < 4.78 is 10.1. The van der Waals surface area contributed by atoms with Crippen molar-refractivity contribution < 1.29 is 24.0 Å². The maximum atomic E-state index is 12.5. The van der Waals surface area contributed by atoms with E-state index in [-0.39, 0.29) is 5.91 Å². The molecule has 0 aliphatic rings. The minimum absolute atomic E-state index is 0.121. The molecule has 0 aromatic heterocycles. The minimum Gasteiger partial charge on any atom is -0.496 e. The van der Waals surface area contributed by atoms with E-state index in [4.69, 9.17) is 9.47 Å². The zero-order valence-electron chi connectivity index (χ0n) is 16.5. The number of aryl methyl sites for hydroxylation is 2. The van der Waals surface area contributed by atoms with E-state index in [1.165, 1.54) is 7.11 Å². The monoisotopic (exact) mass is 371 g/mol. The Kier molecular flexibility index (Phi) is 6.96. The molecule has 27 heavy (non-hydrogen) atoms. The van der Waals surface area contributed by atoms with Gasteiger partial charge in [0, 0.05) is 11.3 Å². The van der Waals surface area contributed by atoms with Crippen molar-refractivity contribution in [2.75, 3.05) is 33.1 Å². The summed E-state index contributed by atoms with van der Waals surface area (Å²) in [6.45, 7) is 4.87. The summed E-state index contributed by atoms with van der Waals surface area (Å²) in [7, 11) is 4.94. The number of ether oxygens (including phenoxy) is 2. The predicted octanol–water partition coefficient (Wildman–Crippen LogP) is 1.75. The molecular formula is C21H27N2O4+. The number of likely N-dealkylation sites (N-methyl/N-ethyl adjacent to an activating group) is 1. The second kappa shape index (κ2) is 9.19. The van der Waals surface area contributed by atoms with Gasteiger partial charge in [-0.25, -0.2) is 4.79 Å². The molecule has 0 aliphatic carbocycles. The lowest BCUT2D eigenvalue weighted by molar-refractivity contribution is -0.885. The molecule has 6 heteroatoms. The fourth-order valence-electron chi connectivity index (χ4n) is 2.90. The molecule has 0 bridgehead atoms. The Morgan fingerprint density at radius 1 is 1.07 bits per heavy atom. The number of esters is 1. The number of methoxy groups -OCH3 is 2. The van der Waals surface area contributed by atoms with Crippen LogP contribution in [0.3, 0.4) is 0 Å². The number of amides is 1. The first kappa shape index (κ1) is 20.5. The summed E-state index contributed by atoms with van der Waals surface area (Å²) in [4.78, 5) is 25.2. The molecule has 1 unspecified atom stereocenters. The van der Waals surface area contributed by atoms with Crippen LogP contribution in [0.5, 0.6) is 5.75 Å². The van der Waals surface area contributed by atoms with Crippen molar-refractivity contribution in [2.24, 2.45) is 0 Å². The van der Waals surface area contributed by atoms with Crippen molar-refractivity contribution >= 4 is 17.6 Å². The number of nitrogens with one attached hydrogen (secondary N) is 2. The lowest BCUT2D eigenvalue weighted by atomic mass is 10.1. The van der Waals surface area contributed by atoms with Crippen LogP contribution < -0.4 is 15.0 Å². The van der Waals surface area contributed by atoms with Crippen molar-refractivity contribution in [3.05, 3.63) is 58.7 Å². The van der Waals surface area contributed by atoms with Gasteiger partial charge in [-0.3, -0.25) is 4.79 Å². The Hall–Kier alpha value is -2.86. The fourth-order valence-corrected chi connectivity index (χ4v) is 2.90. The first-order valence-corrected chi connectivity index (χ1v) is 8.77. The highest BCUT2D eigenvalue weighted by atomic mass is 16.5. The van der Waals surface area contributed by atoms with Gasteiger partial charge in [0.15, 0.2) is 6.54 Å². The Labute approximate surface area is 160 Å². The molecular weight excluding hydrogens is 344 g/mol. The third-order valence-corrected chi connectivity index (χ3v) is 4.32. The maximum Gasteiger partial charge on any atom is 0.337 e. The van der Waals surface area contributed by atoms with Gasteiger partial charge in [-0.2, -0.15) is 0 Å². The molecule has 0 aliphatic heterocycles. The molecule has 0 radical (unpaired) electrons. The zero-order valence-corrected chi connectivity index (χ0v) is 16.5. The standard InChI is InChI=1S/C21H26N2O4/c1-14-6-9-19(26-4)17(10-14)12-23(3)13-20(24)22-18-11-16(21(25)27-5)8-7-15(18)2/h6-11H,12-13H2,1-5H3,(H,22,24)/p+1. The van der Waals surface area contributed by atoms with Gasteiger partial charge in [0.1, 0.15) is 12.3 Å². The molecule has 0 fully saturated rings. The summed E-state index contributed by atoms with van der Waals surface area (Å²) >= 11 is 0. The number of quaternary nitrogens is 1. The smallest absolute Gasteiger partial charge is 0.337 e. The fraction of sp³-hybridized carbons (Fsp3) is 0.333. The highest BCUT2D eigenvalue weighted by Crippen LogP contribution is 2.19. The molecule has 0 spiro atoms. The molecule has 2 N–H and O–H groups in total. The second-order valence-electron chi connectivity index (χ2n) is 6.70. The Bertz CT molecular complexity index is 833. The maximum absolute atomic E-state index is 12.5. The number of anilines is 1. The number of carbonyl (C=O) groups is 2. The third kappa shape index (κ3) is 5.56. The highest BCUT2D eigenvalue weighted by Gasteiger charge is 2.15. The van der Waals surface area contributed by atoms with Gasteiger partial charge in [-0.05, 0) is 43.7 Å². The first-order valence-electron chi connectivity index (χ1n) is 8.77. The number of carbonyl (C=O) groups excluding carboxylic acids is 2. The molecule has 2 aromatic rings. The molecule has 2 aromatic carbocycles. The highest BCUT2D eigenvalue weighted by molar-refractivity contribution is 5.95. The number of benzene rings is 2. The largest absolute Gasteiger partial charge is 0.496 e. The van der Waals surface area contributed by atoms with Crippen LogP contribution in [-0.4, -0.2) is 39.7 Å². The summed E-state index contributed by atoms with van der Waals surface area (Å²) in [5.74, 6) is 0.269. The van der Waals surface area contributed by atoms with Crippen LogP contribution in [0.4, 0.5) is 5.69 Å². The topological polar surface area (TPSA) is 69.1 Å². The van der Waals surface area contributed by atoms with Crippen molar-refractivity contribution in [1.29, 1.82) is 0 Å². The molecule has 144 valence electrons. The molecule has 1 amide bonds. The number of rotatable bonds is 7. The summed E-state index contributed by atoms with van der Waals surface area (Å²) in [6, 6.07) is 11.1. The Morgan fingerprint density at radius 3 is 2.48 bits per heavy atom. The summed E-state index contributed by atoms with van der Waals surface area (Å²) in [5.41, 5.74) is 4.12. The van der Waals surface area contributed by atoms with Crippen LogP contribution >= 0.6 is 0 Å². The van der Waals surface area contributed by atoms with Gasteiger partial charge in [-0.1, -0.05) is 17.7 Å². The van der Waals surface area contributed by atoms with Gasteiger partial charge in [0.2, 0.25) is 0 Å². The van der Waals surface area contributed by atoms with E-state index < -0.39 is 5.97 Å². The van der Waals surface area contributed by atoms with E-state index in [0.717, 1.165) is 27.3 Å². The van der Waals surface area contributed by atoms with Crippen molar-refractivity contribution in [3.63, 3.8) is 0 Å². The van der Waals surface area contributed by atoms with Gasteiger partial charge >= 0.3 is 5.97 Å². The summed E-state index contributed by atoms with van der Waals surface area (Å²) in [6.07, 6.45) is 0. The average Bonchev–Trinajstić information content (AvgIpc) is 2.62. The molecule has 0 heterocycles. The van der Waals surface area contributed by atoms with Crippen LogP contribution in [0.1, 0.15) is 27.0 Å².